The van der Waals surface area contributed by atoms with E-state index in [4.69, 9.17) is 10.5 Å². The maximum absolute atomic E-state index is 11.3. The SMILES string of the molecule is COc1ccccc1N1CCN(c2ccc(NC(=O)CN)nc2)CC1. The fraction of sp³-hybridized carbons (Fsp3) is 0.333. The first-order chi connectivity index (χ1) is 12.2. The van der Waals surface area contributed by atoms with Gasteiger partial charge in [-0.25, -0.2) is 4.98 Å². The highest BCUT2D eigenvalue weighted by molar-refractivity contribution is 5.91. The minimum atomic E-state index is -0.245. The fourth-order valence-electron chi connectivity index (χ4n) is 2.94. The zero-order valence-corrected chi connectivity index (χ0v) is 14.3. The Morgan fingerprint density at radius 1 is 1.16 bits per heavy atom. The predicted molar refractivity (Wildman–Crippen MR) is 99.3 cm³/mol. The van der Waals surface area contributed by atoms with Crippen LogP contribution in [0.3, 0.4) is 0 Å². The number of methoxy groups -OCH3 is 1. The van der Waals surface area contributed by atoms with Crippen molar-refractivity contribution in [3.05, 3.63) is 42.6 Å². The van der Waals surface area contributed by atoms with Crippen molar-refractivity contribution < 1.29 is 9.53 Å². The molecule has 0 aliphatic carbocycles. The van der Waals surface area contributed by atoms with Gasteiger partial charge in [-0.15, -0.1) is 0 Å². The van der Waals surface area contributed by atoms with Crippen molar-refractivity contribution in [2.75, 3.05) is 55.0 Å². The van der Waals surface area contributed by atoms with Crippen molar-refractivity contribution in [3.8, 4) is 5.75 Å². The Kier molecular flexibility index (Phi) is 5.35. The second kappa shape index (κ2) is 7.85. The molecule has 1 amide bonds. The minimum absolute atomic E-state index is 0.0473. The van der Waals surface area contributed by atoms with Crippen LogP contribution in [0.1, 0.15) is 0 Å². The number of nitrogens with one attached hydrogen (secondary N) is 1. The molecule has 1 saturated heterocycles. The summed E-state index contributed by atoms with van der Waals surface area (Å²) in [5.41, 5.74) is 7.46. The van der Waals surface area contributed by atoms with E-state index >= 15 is 0 Å². The molecule has 1 aromatic carbocycles. The van der Waals surface area contributed by atoms with Gasteiger partial charge in [0.05, 0.1) is 31.2 Å². The second-order valence-corrected chi connectivity index (χ2v) is 5.80. The van der Waals surface area contributed by atoms with Gasteiger partial charge in [-0.05, 0) is 24.3 Å². The molecule has 7 heteroatoms. The van der Waals surface area contributed by atoms with Crippen LogP contribution in [0.15, 0.2) is 42.6 Å². The van der Waals surface area contributed by atoms with E-state index in [0.717, 1.165) is 43.3 Å². The molecule has 1 fully saturated rings. The third-order valence-corrected chi connectivity index (χ3v) is 4.27. The van der Waals surface area contributed by atoms with Crippen molar-refractivity contribution in [2.24, 2.45) is 5.73 Å². The van der Waals surface area contributed by atoms with Gasteiger partial charge in [-0.1, -0.05) is 12.1 Å². The van der Waals surface area contributed by atoms with Crippen LogP contribution in [0, 0.1) is 0 Å². The third-order valence-electron chi connectivity index (χ3n) is 4.27. The monoisotopic (exact) mass is 341 g/mol. The number of aromatic nitrogens is 1. The Hall–Kier alpha value is -2.80. The fourth-order valence-corrected chi connectivity index (χ4v) is 2.94. The van der Waals surface area contributed by atoms with E-state index in [9.17, 15) is 4.79 Å². The average molecular weight is 341 g/mol. The van der Waals surface area contributed by atoms with E-state index in [-0.39, 0.29) is 12.5 Å². The molecule has 0 spiro atoms. The number of rotatable bonds is 5. The zero-order valence-electron chi connectivity index (χ0n) is 14.3. The van der Waals surface area contributed by atoms with Crippen LogP contribution in [0.5, 0.6) is 5.75 Å². The van der Waals surface area contributed by atoms with Crippen LogP contribution in [0.2, 0.25) is 0 Å². The summed E-state index contributed by atoms with van der Waals surface area (Å²) in [6.07, 6.45) is 1.78. The normalized spacial score (nSPS) is 14.3. The first kappa shape index (κ1) is 17.0. The first-order valence-corrected chi connectivity index (χ1v) is 8.30. The maximum Gasteiger partial charge on any atom is 0.239 e. The zero-order chi connectivity index (χ0) is 17.6. The summed E-state index contributed by atoms with van der Waals surface area (Å²) in [7, 11) is 1.70. The highest BCUT2D eigenvalue weighted by Gasteiger charge is 2.20. The smallest absolute Gasteiger partial charge is 0.239 e. The van der Waals surface area contributed by atoms with Crippen LogP contribution in [-0.4, -0.2) is 50.7 Å². The van der Waals surface area contributed by atoms with Gasteiger partial charge in [0.25, 0.3) is 0 Å². The van der Waals surface area contributed by atoms with Crippen molar-refractivity contribution >= 4 is 23.1 Å². The molecule has 2 heterocycles. The molecule has 1 aliphatic rings. The summed E-state index contributed by atoms with van der Waals surface area (Å²) in [6.45, 7) is 3.56. The third kappa shape index (κ3) is 4.00. The van der Waals surface area contributed by atoms with Crippen LogP contribution in [0.4, 0.5) is 17.2 Å². The standard InChI is InChI=1S/C18H23N5O2/c1-25-16-5-3-2-4-15(16)23-10-8-22(9-11-23)14-6-7-17(20-13-14)21-18(24)12-19/h2-7,13H,8-12,19H2,1H3,(H,20,21,24). The molecule has 3 N–H and O–H groups in total. The number of anilines is 3. The van der Waals surface area contributed by atoms with E-state index in [1.807, 2.05) is 24.3 Å². The molecule has 7 nitrogen and oxygen atoms in total. The highest BCUT2D eigenvalue weighted by Crippen LogP contribution is 2.29. The number of piperazine rings is 1. The average Bonchev–Trinajstić information content (AvgIpc) is 2.68. The Balaban J connectivity index is 1.61. The molecule has 0 saturated carbocycles. The van der Waals surface area contributed by atoms with Crippen LogP contribution in [0.25, 0.3) is 0 Å². The van der Waals surface area contributed by atoms with Crippen LogP contribution in [-0.2, 0) is 4.79 Å². The minimum Gasteiger partial charge on any atom is -0.495 e. The molecule has 0 bridgehead atoms. The number of para-hydroxylation sites is 2. The molecule has 25 heavy (non-hydrogen) atoms. The van der Waals surface area contributed by atoms with E-state index in [1.165, 1.54) is 0 Å². The quantitative estimate of drug-likeness (QED) is 0.853. The topological polar surface area (TPSA) is 83.7 Å². The number of carbonyl (C=O) groups is 1. The number of nitrogens with two attached hydrogens (primary N) is 1. The summed E-state index contributed by atoms with van der Waals surface area (Å²) in [6, 6.07) is 11.9. The molecule has 132 valence electrons. The molecule has 0 unspecified atom stereocenters. The lowest BCUT2D eigenvalue weighted by Gasteiger charge is -2.37. The highest BCUT2D eigenvalue weighted by atomic mass is 16.5. The van der Waals surface area contributed by atoms with Crippen molar-refractivity contribution in [2.45, 2.75) is 0 Å². The Morgan fingerprint density at radius 3 is 2.52 bits per heavy atom. The molecule has 3 rings (SSSR count). The summed E-state index contributed by atoms with van der Waals surface area (Å²) in [5, 5.41) is 2.65. The van der Waals surface area contributed by atoms with Gasteiger partial charge >= 0.3 is 0 Å². The molecule has 0 atom stereocenters. The van der Waals surface area contributed by atoms with E-state index in [0.29, 0.717) is 5.82 Å². The van der Waals surface area contributed by atoms with Gasteiger partial charge in [0.1, 0.15) is 11.6 Å². The lowest BCUT2D eigenvalue weighted by Crippen LogP contribution is -2.46. The van der Waals surface area contributed by atoms with E-state index < -0.39 is 0 Å². The largest absolute Gasteiger partial charge is 0.495 e. The summed E-state index contributed by atoms with van der Waals surface area (Å²) in [4.78, 5) is 20.2. The number of pyridine rings is 1. The Labute approximate surface area is 147 Å². The van der Waals surface area contributed by atoms with E-state index in [1.54, 1.807) is 19.4 Å². The number of nitrogens with zero attached hydrogens (tertiary/aromatic N) is 3. The maximum atomic E-state index is 11.3. The molecular formula is C18H23N5O2. The lowest BCUT2D eigenvalue weighted by molar-refractivity contribution is -0.114. The molecule has 1 aliphatic heterocycles. The Bertz CT molecular complexity index is 712. The van der Waals surface area contributed by atoms with Gasteiger partial charge in [-0.2, -0.15) is 0 Å². The number of benzene rings is 1. The second-order valence-electron chi connectivity index (χ2n) is 5.80. The van der Waals surface area contributed by atoms with Gasteiger partial charge in [0, 0.05) is 26.2 Å². The summed E-state index contributed by atoms with van der Waals surface area (Å²) in [5.74, 6) is 1.18. The van der Waals surface area contributed by atoms with Crippen LogP contribution >= 0.6 is 0 Å². The Morgan fingerprint density at radius 2 is 1.88 bits per heavy atom. The molecule has 1 aromatic heterocycles. The van der Waals surface area contributed by atoms with E-state index in [2.05, 4.69) is 26.2 Å². The summed E-state index contributed by atoms with van der Waals surface area (Å²) < 4.78 is 5.46. The van der Waals surface area contributed by atoms with Crippen molar-refractivity contribution in [1.29, 1.82) is 0 Å². The molecule has 0 radical (unpaired) electrons. The summed E-state index contributed by atoms with van der Waals surface area (Å²) >= 11 is 0. The lowest BCUT2D eigenvalue weighted by atomic mass is 10.2. The van der Waals surface area contributed by atoms with Gasteiger partial charge < -0.3 is 25.6 Å². The van der Waals surface area contributed by atoms with Crippen LogP contribution < -0.4 is 25.6 Å². The number of carbonyl (C=O) groups excluding carboxylic acids is 1. The number of amides is 1. The molecular weight excluding hydrogens is 318 g/mol. The molecule has 2 aromatic rings. The predicted octanol–water partition coefficient (Wildman–Crippen LogP) is 1.31. The van der Waals surface area contributed by atoms with Gasteiger partial charge in [0.15, 0.2) is 0 Å². The first-order valence-electron chi connectivity index (χ1n) is 8.30. The number of hydrogen-bond acceptors (Lipinski definition) is 6. The van der Waals surface area contributed by atoms with Crippen molar-refractivity contribution in [1.82, 2.24) is 4.98 Å². The number of hydrogen-bond donors (Lipinski definition) is 2. The van der Waals surface area contributed by atoms with Gasteiger partial charge in [0.2, 0.25) is 5.91 Å². The van der Waals surface area contributed by atoms with Gasteiger partial charge in [-0.3, -0.25) is 4.79 Å². The number of ether oxygens (including phenoxy) is 1. The van der Waals surface area contributed by atoms with Crippen molar-refractivity contribution in [3.63, 3.8) is 0 Å².